The Morgan fingerprint density at radius 2 is 1.38 bits per heavy atom. The van der Waals surface area contributed by atoms with Gasteiger partial charge in [-0.15, -0.1) is 0 Å². The summed E-state index contributed by atoms with van der Waals surface area (Å²) in [6.45, 7) is 0. The molecule has 3 rings (SSSR count). The van der Waals surface area contributed by atoms with Crippen molar-refractivity contribution in [3.8, 4) is 0 Å². The maximum absolute atomic E-state index is 12.5. The Bertz CT molecular complexity index is 821. The Labute approximate surface area is 124 Å². The lowest BCUT2D eigenvalue weighted by molar-refractivity contribution is 0.587. The molecular weight excluding hydrogens is 282 g/mol. The average molecular weight is 297 g/mol. The van der Waals surface area contributed by atoms with E-state index < -0.39 is 10.0 Å². The van der Waals surface area contributed by atoms with Crippen molar-refractivity contribution < 1.29 is 8.42 Å². The zero-order chi connectivity index (χ0) is 14.7. The van der Waals surface area contributed by atoms with Crippen LogP contribution in [-0.2, 0) is 16.4 Å². The van der Waals surface area contributed by atoms with E-state index in [4.69, 9.17) is 0 Å². The van der Waals surface area contributed by atoms with Crippen LogP contribution in [-0.4, -0.2) is 12.4 Å². The molecule has 0 bridgehead atoms. The smallest absolute Gasteiger partial charge is 0.249 e. The van der Waals surface area contributed by atoms with Crippen LogP contribution in [0.4, 0.5) is 0 Å². The van der Waals surface area contributed by atoms with E-state index in [1.807, 2.05) is 36.4 Å². The Morgan fingerprint density at radius 1 is 0.762 bits per heavy atom. The fourth-order valence-corrected chi connectivity index (χ4v) is 3.46. The lowest BCUT2D eigenvalue weighted by atomic mass is 10.1. The molecular formula is C17H15NO2S. The van der Waals surface area contributed by atoms with Gasteiger partial charge in [0.2, 0.25) is 0 Å². The predicted molar refractivity (Wildman–Crippen MR) is 82.7 cm³/mol. The van der Waals surface area contributed by atoms with Crippen molar-refractivity contribution >= 4 is 10.0 Å². The maximum atomic E-state index is 12.5. The third-order valence-electron chi connectivity index (χ3n) is 3.30. The van der Waals surface area contributed by atoms with Gasteiger partial charge in [-0.1, -0.05) is 48.5 Å². The Balaban J connectivity index is 1.89. The van der Waals surface area contributed by atoms with Gasteiger partial charge in [-0.05, 0) is 35.7 Å². The van der Waals surface area contributed by atoms with Crippen molar-refractivity contribution in [2.24, 2.45) is 0 Å². The minimum absolute atomic E-state index is 0.298. The lowest BCUT2D eigenvalue weighted by Gasteiger charge is -2.05. The molecule has 0 aliphatic heterocycles. The summed E-state index contributed by atoms with van der Waals surface area (Å²) in [4.78, 5) is 0.298. The fraction of sp³-hybridized carbons (Fsp3) is 0.0588. The van der Waals surface area contributed by atoms with Crippen molar-refractivity contribution in [3.05, 3.63) is 90.3 Å². The normalized spacial score (nSPS) is 11.4. The zero-order valence-corrected chi connectivity index (χ0v) is 12.2. The van der Waals surface area contributed by atoms with Crippen LogP contribution in [0.3, 0.4) is 0 Å². The molecule has 0 amide bonds. The van der Waals surface area contributed by atoms with Gasteiger partial charge in [0.15, 0.2) is 0 Å². The molecule has 0 spiro atoms. The number of nitrogens with zero attached hydrogens (tertiary/aromatic N) is 1. The summed E-state index contributed by atoms with van der Waals surface area (Å²) in [5.74, 6) is 0. The number of hydrogen-bond donors (Lipinski definition) is 0. The number of rotatable bonds is 4. The SMILES string of the molecule is O=S(=O)(c1ccccc1)n1ccc(Cc2ccccc2)c1. The molecule has 106 valence electrons. The molecule has 1 heterocycles. The van der Waals surface area contributed by atoms with Crippen molar-refractivity contribution in [2.45, 2.75) is 11.3 Å². The van der Waals surface area contributed by atoms with E-state index >= 15 is 0 Å². The molecule has 0 unspecified atom stereocenters. The van der Waals surface area contributed by atoms with E-state index in [1.54, 1.807) is 42.7 Å². The zero-order valence-electron chi connectivity index (χ0n) is 11.4. The minimum Gasteiger partial charge on any atom is -0.249 e. The monoisotopic (exact) mass is 297 g/mol. The minimum atomic E-state index is -3.49. The summed E-state index contributed by atoms with van der Waals surface area (Å²) in [5.41, 5.74) is 2.13. The van der Waals surface area contributed by atoms with Crippen LogP contribution in [0.5, 0.6) is 0 Å². The largest absolute Gasteiger partial charge is 0.267 e. The first kappa shape index (κ1) is 13.6. The fourth-order valence-electron chi connectivity index (χ4n) is 2.22. The third kappa shape index (κ3) is 2.90. The van der Waals surface area contributed by atoms with Gasteiger partial charge in [0.1, 0.15) is 0 Å². The van der Waals surface area contributed by atoms with Crippen LogP contribution >= 0.6 is 0 Å². The summed E-state index contributed by atoms with van der Waals surface area (Å²) in [6, 6.07) is 20.3. The summed E-state index contributed by atoms with van der Waals surface area (Å²) >= 11 is 0. The quantitative estimate of drug-likeness (QED) is 0.741. The molecule has 0 atom stereocenters. The second-order valence-corrected chi connectivity index (χ2v) is 6.67. The molecule has 21 heavy (non-hydrogen) atoms. The summed E-state index contributed by atoms with van der Waals surface area (Å²) in [7, 11) is -3.49. The number of benzene rings is 2. The van der Waals surface area contributed by atoms with Crippen LogP contribution in [0.1, 0.15) is 11.1 Å². The van der Waals surface area contributed by atoms with Crippen LogP contribution in [0.2, 0.25) is 0 Å². The van der Waals surface area contributed by atoms with Crippen LogP contribution in [0, 0.1) is 0 Å². The molecule has 0 saturated heterocycles. The highest BCUT2D eigenvalue weighted by Crippen LogP contribution is 2.16. The van der Waals surface area contributed by atoms with E-state index in [-0.39, 0.29) is 0 Å². The molecule has 0 aliphatic carbocycles. The standard InChI is InChI=1S/C17H15NO2S/c19-21(20,17-9-5-2-6-10-17)18-12-11-16(14-18)13-15-7-3-1-4-8-15/h1-12,14H,13H2. The maximum Gasteiger partial charge on any atom is 0.267 e. The van der Waals surface area contributed by atoms with Crippen molar-refractivity contribution in [1.29, 1.82) is 0 Å². The molecule has 4 heteroatoms. The van der Waals surface area contributed by atoms with Gasteiger partial charge >= 0.3 is 0 Å². The number of aromatic nitrogens is 1. The summed E-state index contributed by atoms with van der Waals surface area (Å²) in [6.07, 6.45) is 3.99. The van der Waals surface area contributed by atoms with Gasteiger partial charge in [0.05, 0.1) is 4.90 Å². The van der Waals surface area contributed by atoms with E-state index in [0.717, 1.165) is 17.5 Å². The highest BCUT2D eigenvalue weighted by atomic mass is 32.2. The average Bonchev–Trinajstić information content (AvgIpc) is 2.98. The Hall–Kier alpha value is -2.33. The Morgan fingerprint density at radius 3 is 2.05 bits per heavy atom. The predicted octanol–water partition coefficient (Wildman–Crippen LogP) is 3.32. The second-order valence-electron chi connectivity index (χ2n) is 4.83. The van der Waals surface area contributed by atoms with Crippen LogP contribution < -0.4 is 0 Å². The van der Waals surface area contributed by atoms with Gasteiger partial charge in [0, 0.05) is 12.4 Å². The van der Waals surface area contributed by atoms with Gasteiger partial charge in [0.25, 0.3) is 10.0 Å². The molecule has 1 aromatic heterocycles. The molecule has 2 aromatic carbocycles. The van der Waals surface area contributed by atoms with Crippen molar-refractivity contribution in [1.82, 2.24) is 3.97 Å². The van der Waals surface area contributed by atoms with E-state index in [9.17, 15) is 8.42 Å². The van der Waals surface area contributed by atoms with Gasteiger partial charge < -0.3 is 0 Å². The third-order valence-corrected chi connectivity index (χ3v) is 4.95. The molecule has 0 radical (unpaired) electrons. The molecule has 0 fully saturated rings. The highest BCUT2D eigenvalue weighted by Gasteiger charge is 2.15. The summed E-state index contributed by atoms with van der Waals surface area (Å²) in [5, 5.41) is 0. The molecule has 0 aliphatic rings. The van der Waals surface area contributed by atoms with Gasteiger partial charge in [-0.3, -0.25) is 0 Å². The van der Waals surface area contributed by atoms with Crippen LogP contribution in [0.15, 0.2) is 84.0 Å². The van der Waals surface area contributed by atoms with Gasteiger partial charge in [-0.2, -0.15) is 0 Å². The molecule has 3 nitrogen and oxygen atoms in total. The first-order valence-corrected chi connectivity index (χ1v) is 8.12. The molecule has 0 N–H and O–H groups in total. The molecule has 3 aromatic rings. The highest BCUT2D eigenvalue weighted by molar-refractivity contribution is 7.90. The second kappa shape index (κ2) is 5.58. The Kier molecular flexibility index (Phi) is 3.62. The summed E-state index contributed by atoms with van der Waals surface area (Å²) < 4.78 is 26.2. The molecule has 0 saturated carbocycles. The first-order valence-electron chi connectivity index (χ1n) is 6.68. The van der Waals surface area contributed by atoms with Crippen molar-refractivity contribution in [3.63, 3.8) is 0 Å². The van der Waals surface area contributed by atoms with E-state index in [1.165, 1.54) is 3.97 Å². The first-order chi connectivity index (χ1) is 10.2. The number of hydrogen-bond acceptors (Lipinski definition) is 2. The lowest BCUT2D eigenvalue weighted by Crippen LogP contribution is -2.10. The van der Waals surface area contributed by atoms with Crippen LogP contribution in [0.25, 0.3) is 0 Å². The topological polar surface area (TPSA) is 39.1 Å². The van der Waals surface area contributed by atoms with Gasteiger partial charge in [-0.25, -0.2) is 12.4 Å². The van der Waals surface area contributed by atoms with E-state index in [2.05, 4.69) is 0 Å². The van der Waals surface area contributed by atoms with Crippen molar-refractivity contribution in [2.75, 3.05) is 0 Å². The van der Waals surface area contributed by atoms with E-state index in [0.29, 0.717) is 4.90 Å².